The van der Waals surface area contributed by atoms with Crippen LogP contribution in [0.25, 0.3) is 0 Å². The third-order valence-corrected chi connectivity index (χ3v) is 4.66. The molecule has 0 atom stereocenters. The van der Waals surface area contributed by atoms with Crippen LogP contribution in [0.3, 0.4) is 0 Å². The van der Waals surface area contributed by atoms with Gasteiger partial charge in [-0.05, 0) is 29.8 Å². The van der Waals surface area contributed by atoms with E-state index in [1.807, 2.05) is 0 Å². The van der Waals surface area contributed by atoms with Crippen molar-refractivity contribution >= 4 is 35.0 Å². The highest BCUT2D eigenvalue weighted by atomic mass is 19.4. The summed E-state index contributed by atoms with van der Waals surface area (Å²) in [6.07, 6.45) is -4.40. The maximum atomic E-state index is 12.5. The molecule has 1 heterocycles. The van der Waals surface area contributed by atoms with Crippen molar-refractivity contribution in [2.45, 2.75) is 12.7 Å². The Morgan fingerprint density at radius 2 is 1.78 bits per heavy atom. The third kappa shape index (κ3) is 7.03. The fourth-order valence-electron chi connectivity index (χ4n) is 3.00. The SMILES string of the molecule is COc1ccc(OC)c(NC(=O)Nc2cccc(CNc3cn(OC(=O)C(F)(F)F)nc3C(N)=O)c2)c1. The van der Waals surface area contributed by atoms with Crippen LogP contribution in [0.1, 0.15) is 16.1 Å². The molecular weight excluding hydrogens is 501 g/mol. The van der Waals surface area contributed by atoms with E-state index in [1.165, 1.54) is 14.2 Å². The minimum Gasteiger partial charge on any atom is -0.497 e. The van der Waals surface area contributed by atoms with Crippen LogP contribution in [-0.2, 0) is 11.3 Å². The summed E-state index contributed by atoms with van der Waals surface area (Å²) in [4.78, 5) is 39.4. The van der Waals surface area contributed by atoms with Gasteiger partial charge in [-0.2, -0.15) is 13.2 Å². The zero-order chi connectivity index (χ0) is 27.2. The zero-order valence-electron chi connectivity index (χ0n) is 19.4. The van der Waals surface area contributed by atoms with E-state index < -0.39 is 29.8 Å². The molecule has 196 valence electrons. The maximum Gasteiger partial charge on any atom is 0.493 e. The number of alkyl halides is 3. The first kappa shape index (κ1) is 26.7. The number of ether oxygens (including phenoxy) is 2. The predicted molar refractivity (Wildman–Crippen MR) is 124 cm³/mol. The van der Waals surface area contributed by atoms with Gasteiger partial charge in [-0.25, -0.2) is 9.59 Å². The molecule has 0 aliphatic rings. The number of anilines is 3. The number of benzene rings is 2. The highest BCUT2D eigenvalue weighted by molar-refractivity contribution is 6.01. The summed E-state index contributed by atoms with van der Waals surface area (Å²) in [7, 11) is 2.94. The molecule has 37 heavy (non-hydrogen) atoms. The van der Waals surface area contributed by atoms with Crippen LogP contribution in [0.5, 0.6) is 11.5 Å². The van der Waals surface area contributed by atoms with E-state index in [4.69, 9.17) is 15.2 Å². The number of nitrogens with zero attached hydrogens (tertiary/aromatic N) is 2. The van der Waals surface area contributed by atoms with Crippen molar-refractivity contribution in [2.75, 3.05) is 30.2 Å². The van der Waals surface area contributed by atoms with Gasteiger partial charge in [0.2, 0.25) is 0 Å². The minimum atomic E-state index is -5.26. The number of halogens is 3. The summed E-state index contributed by atoms with van der Waals surface area (Å²) in [6.45, 7) is 0.0417. The molecule has 3 aromatic rings. The molecule has 0 aliphatic carbocycles. The Bertz CT molecular complexity index is 1310. The summed E-state index contributed by atoms with van der Waals surface area (Å²) in [6, 6.07) is 10.9. The Hall–Kier alpha value is -4.95. The first-order valence-corrected chi connectivity index (χ1v) is 10.3. The van der Waals surface area contributed by atoms with Gasteiger partial charge in [0.15, 0.2) is 5.69 Å². The number of hydrogen-bond donors (Lipinski definition) is 4. The highest BCUT2D eigenvalue weighted by Gasteiger charge is 2.42. The van der Waals surface area contributed by atoms with E-state index in [-0.39, 0.29) is 17.1 Å². The second-order valence-electron chi connectivity index (χ2n) is 7.23. The normalized spacial score (nSPS) is 10.8. The number of primary amides is 1. The van der Waals surface area contributed by atoms with Crippen LogP contribution < -0.4 is 36.0 Å². The number of methoxy groups -OCH3 is 2. The van der Waals surface area contributed by atoms with E-state index in [2.05, 4.69) is 25.9 Å². The molecular formula is C22H21F3N6O6. The van der Waals surface area contributed by atoms with Gasteiger partial charge in [-0.15, -0.1) is 5.10 Å². The Kier molecular flexibility index (Phi) is 8.06. The van der Waals surface area contributed by atoms with Crippen molar-refractivity contribution < 1.29 is 41.9 Å². The number of rotatable bonds is 9. The van der Waals surface area contributed by atoms with Crippen molar-refractivity contribution in [3.63, 3.8) is 0 Å². The number of urea groups is 1. The Morgan fingerprint density at radius 1 is 1.03 bits per heavy atom. The van der Waals surface area contributed by atoms with Crippen LogP contribution in [0.2, 0.25) is 0 Å². The quantitative estimate of drug-likeness (QED) is 0.334. The molecule has 1 aromatic heterocycles. The third-order valence-electron chi connectivity index (χ3n) is 4.66. The van der Waals surface area contributed by atoms with Crippen molar-refractivity contribution in [1.29, 1.82) is 0 Å². The van der Waals surface area contributed by atoms with Crippen molar-refractivity contribution in [2.24, 2.45) is 5.73 Å². The lowest BCUT2D eigenvalue weighted by Gasteiger charge is -2.13. The molecule has 5 N–H and O–H groups in total. The van der Waals surface area contributed by atoms with Crippen molar-refractivity contribution in [3.8, 4) is 11.5 Å². The molecule has 3 rings (SSSR count). The lowest BCUT2D eigenvalue weighted by atomic mass is 10.2. The van der Waals surface area contributed by atoms with Gasteiger partial charge in [0.05, 0.1) is 31.8 Å². The Labute approximate surface area is 207 Å². The second kappa shape index (κ2) is 11.2. The number of carbonyl (C=O) groups excluding carboxylic acids is 3. The first-order chi connectivity index (χ1) is 17.5. The fourth-order valence-corrected chi connectivity index (χ4v) is 3.00. The largest absolute Gasteiger partial charge is 0.497 e. The topological polar surface area (TPSA) is 159 Å². The van der Waals surface area contributed by atoms with E-state index in [0.29, 0.717) is 28.4 Å². The van der Waals surface area contributed by atoms with E-state index in [9.17, 15) is 27.6 Å². The summed E-state index contributed by atoms with van der Waals surface area (Å²) in [5.74, 6) is -2.66. The van der Waals surface area contributed by atoms with Crippen LogP contribution in [-0.4, -0.2) is 48.2 Å². The van der Waals surface area contributed by atoms with Crippen molar-refractivity contribution in [3.05, 3.63) is 59.9 Å². The second-order valence-corrected chi connectivity index (χ2v) is 7.23. The van der Waals surface area contributed by atoms with Gasteiger partial charge in [0.1, 0.15) is 11.5 Å². The molecule has 12 nitrogen and oxygen atoms in total. The van der Waals surface area contributed by atoms with Crippen LogP contribution >= 0.6 is 0 Å². The van der Waals surface area contributed by atoms with Crippen LogP contribution in [0, 0.1) is 0 Å². The summed E-state index contributed by atoms with van der Waals surface area (Å²) < 4.78 is 47.6. The van der Waals surface area contributed by atoms with Gasteiger partial charge in [-0.1, -0.05) is 17.0 Å². The lowest BCUT2D eigenvalue weighted by molar-refractivity contribution is -0.201. The summed E-state index contributed by atoms with van der Waals surface area (Å²) in [5, 5.41) is 11.5. The number of hydrogen-bond acceptors (Lipinski definition) is 8. The molecule has 0 saturated heterocycles. The molecule has 0 fully saturated rings. The van der Waals surface area contributed by atoms with Gasteiger partial charge in [0.25, 0.3) is 5.91 Å². The van der Waals surface area contributed by atoms with Gasteiger partial charge in [-0.3, -0.25) is 4.79 Å². The number of carbonyl (C=O) groups is 3. The first-order valence-electron chi connectivity index (χ1n) is 10.3. The molecule has 0 aliphatic heterocycles. The number of aromatic nitrogens is 2. The molecule has 3 amide bonds. The molecule has 2 aromatic carbocycles. The average Bonchev–Trinajstić information content (AvgIpc) is 3.25. The minimum absolute atomic E-state index is 0.0417. The molecule has 0 radical (unpaired) electrons. The predicted octanol–water partition coefficient (Wildman–Crippen LogP) is 2.77. The number of nitrogens with one attached hydrogen (secondary N) is 3. The Balaban J connectivity index is 1.67. The highest BCUT2D eigenvalue weighted by Crippen LogP contribution is 2.29. The molecule has 0 bridgehead atoms. The van der Waals surface area contributed by atoms with Crippen LogP contribution in [0.4, 0.5) is 35.0 Å². The smallest absolute Gasteiger partial charge is 0.493 e. The van der Waals surface area contributed by atoms with E-state index in [0.717, 1.165) is 6.20 Å². The van der Waals surface area contributed by atoms with E-state index >= 15 is 0 Å². The maximum absolute atomic E-state index is 12.5. The standard InChI is InChI=1S/C22H21F3N6O6/c1-35-14-6-7-17(36-2)15(9-14)29-21(34)28-13-5-3-4-12(8-13)10-27-16-11-31(30-18(16)19(26)32)37-20(33)22(23,24)25/h3-9,11,27H,10H2,1-2H3,(H2,26,32)(H2,28,29,34). The molecule has 0 spiro atoms. The number of amides is 3. The van der Waals surface area contributed by atoms with Gasteiger partial charge in [0, 0.05) is 18.3 Å². The monoisotopic (exact) mass is 522 g/mol. The summed E-state index contributed by atoms with van der Waals surface area (Å²) >= 11 is 0. The average molecular weight is 522 g/mol. The van der Waals surface area contributed by atoms with Crippen molar-refractivity contribution in [1.82, 2.24) is 9.94 Å². The van der Waals surface area contributed by atoms with E-state index in [1.54, 1.807) is 42.5 Å². The van der Waals surface area contributed by atoms with Gasteiger partial charge >= 0.3 is 18.2 Å². The number of nitrogens with two attached hydrogens (primary N) is 1. The summed E-state index contributed by atoms with van der Waals surface area (Å²) in [5.41, 5.74) is 6.06. The molecule has 15 heteroatoms. The molecule has 0 unspecified atom stereocenters. The fraction of sp³-hybridized carbons (Fsp3) is 0.182. The Morgan fingerprint density at radius 3 is 2.43 bits per heavy atom. The lowest BCUT2D eigenvalue weighted by Crippen LogP contribution is -2.33. The zero-order valence-corrected chi connectivity index (χ0v) is 19.4. The van der Waals surface area contributed by atoms with Crippen LogP contribution in [0.15, 0.2) is 48.7 Å². The van der Waals surface area contributed by atoms with Gasteiger partial charge < -0.3 is 36.0 Å². The molecule has 0 saturated carbocycles.